The minimum absolute atomic E-state index is 0.0460. The fraction of sp³-hybridized carbons (Fsp3) is 0.529. The van der Waals surface area contributed by atoms with E-state index in [4.69, 9.17) is 4.42 Å². The third-order valence-corrected chi connectivity index (χ3v) is 6.14. The summed E-state index contributed by atoms with van der Waals surface area (Å²) in [5.41, 5.74) is 0.264. The number of oxazole rings is 1. The predicted molar refractivity (Wildman–Crippen MR) is 96.2 cm³/mol. The Morgan fingerprint density at radius 3 is 2.77 bits per heavy atom. The lowest BCUT2D eigenvalue weighted by molar-refractivity contribution is -0.127. The summed E-state index contributed by atoms with van der Waals surface area (Å²) in [6, 6.07) is 4.27. The Hall–Kier alpha value is -2.13. The van der Waals surface area contributed by atoms with E-state index in [1.165, 1.54) is 22.5 Å². The van der Waals surface area contributed by atoms with E-state index in [9.17, 15) is 18.0 Å². The van der Waals surface area contributed by atoms with Gasteiger partial charge in [0.05, 0.1) is 16.3 Å². The third kappa shape index (κ3) is 3.83. The summed E-state index contributed by atoms with van der Waals surface area (Å²) in [6.07, 6.45) is 1.27. The monoisotopic (exact) mass is 381 g/mol. The smallest absolute Gasteiger partial charge is 0.408 e. The molecule has 0 radical (unpaired) electrons. The second-order valence-corrected chi connectivity index (χ2v) is 9.55. The highest BCUT2D eigenvalue weighted by molar-refractivity contribution is 7.89. The topological polar surface area (TPSA) is 112 Å². The summed E-state index contributed by atoms with van der Waals surface area (Å²) in [4.78, 5) is 26.2. The van der Waals surface area contributed by atoms with Crippen LogP contribution >= 0.6 is 0 Å². The fourth-order valence-electron chi connectivity index (χ4n) is 3.08. The number of aromatic nitrogens is 1. The van der Waals surface area contributed by atoms with Crippen LogP contribution in [0.25, 0.3) is 11.1 Å². The number of aromatic amines is 1. The van der Waals surface area contributed by atoms with Crippen molar-refractivity contribution < 1.29 is 17.6 Å². The van der Waals surface area contributed by atoms with Crippen molar-refractivity contribution in [3.8, 4) is 0 Å². The first kappa shape index (κ1) is 18.7. The number of fused-ring (bicyclic) bond motifs is 1. The predicted octanol–water partition coefficient (Wildman–Crippen LogP) is 1.44. The number of hydrogen-bond acceptors (Lipinski definition) is 5. The molecule has 0 saturated carbocycles. The molecule has 1 atom stereocenters. The van der Waals surface area contributed by atoms with E-state index in [1.807, 2.05) is 20.8 Å². The van der Waals surface area contributed by atoms with Gasteiger partial charge in [0.25, 0.3) is 0 Å². The molecule has 2 aromatic rings. The van der Waals surface area contributed by atoms with Crippen molar-refractivity contribution >= 4 is 27.0 Å². The minimum atomic E-state index is -3.78. The average Bonchev–Trinajstić information content (AvgIpc) is 2.92. The molecular formula is C17H23N3O5S. The van der Waals surface area contributed by atoms with Crippen LogP contribution in [0.1, 0.15) is 33.6 Å². The summed E-state index contributed by atoms with van der Waals surface area (Å²) in [7, 11) is -3.78. The maximum absolute atomic E-state index is 13.0. The van der Waals surface area contributed by atoms with Gasteiger partial charge < -0.3 is 9.73 Å². The van der Waals surface area contributed by atoms with Gasteiger partial charge >= 0.3 is 5.76 Å². The molecule has 1 saturated heterocycles. The van der Waals surface area contributed by atoms with Gasteiger partial charge in [-0.15, -0.1) is 0 Å². The van der Waals surface area contributed by atoms with Crippen molar-refractivity contribution in [3.63, 3.8) is 0 Å². The van der Waals surface area contributed by atoms with Crippen LogP contribution in [0.4, 0.5) is 0 Å². The fourth-order valence-corrected chi connectivity index (χ4v) is 4.62. The van der Waals surface area contributed by atoms with Gasteiger partial charge in [0.15, 0.2) is 5.58 Å². The maximum atomic E-state index is 13.0. The molecule has 2 N–H and O–H groups in total. The lowest BCUT2D eigenvalue weighted by Crippen LogP contribution is -2.49. The van der Waals surface area contributed by atoms with Gasteiger partial charge in [-0.1, -0.05) is 0 Å². The molecule has 1 fully saturated rings. The highest BCUT2D eigenvalue weighted by Gasteiger charge is 2.34. The molecule has 142 valence electrons. The van der Waals surface area contributed by atoms with E-state index in [1.54, 1.807) is 0 Å². The maximum Gasteiger partial charge on any atom is 0.417 e. The summed E-state index contributed by atoms with van der Waals surface area (Å²) in [5, 5.41) is 2.91. The first-order valence-corrected chi connectivity index (χ1v) is 9.95. The standard InChI is InChI=1S/C17H23N3O5S/c1-17(2,3)19-15(21)11-5-4-8-20(10-11)26(23,24)12-6-7-13-14(9-12)25-16(22)18-13/h6-7,9,11H,4-5,8,10H2,1-3H3,(H,18,22)(H,19,21)/t11-/m0/s1. The number of hydrogen-bond donors (Lipinski definition) is 2. The zero-order chi connectivity index (χ0) is 19.1. The molecule has 0 aliphatic carbocycles. The number of nitrogens with zero attached hydrogens (tertiary/aromatic N) is 1. The van der Waals surface area contributed by atoms with E-state index in [0.29, 0.717) is 24.9 Å². The van der Waals surface area contributed by atoms with Crippen molar-refractivity contribution in [3.05, 3.63) is 28.7 Å². The molecule has 0 spiro atoms. The van der Waals surface area contributed by atoms with Crippen LogP contribution in [0.5, 0.6) is 0 Å². The second-order valence-electron chi connectivity index (χ2n) is 7.61. The molecule has 1 amide bonds. The number of piperidine rings is 1. The van der Waals surface area contributed by atoms with E-state index in [0.717, 1.165) is 0 Å². The normalized spacial score (nSPS) is 19.6. The molecule has 1 aliphatic heterocycles. The van der Waals surface area contributed by atoms with Crippen molar-refractivity contribution in [2.75, 3.05) is 13.1 Å². The summed E-state index contributed by atoms with van der Waals surface area (Å²) in [6.45, 7) is 6.17. The highest BCUT2D eigenvalue weighted by Crippen LogP contribution is 2.26. The molecule has 2 heterocycles. The number of carbonyl (C=O) groups excluding carboxylic acids is 1. The Kier molecular flexibility index (Phi) is 4.70. The third-order valence-electron chi connectivity index (χ3n) is 4.28. The molecule has 9 heteroatoms. The van der Waals surface area contributed by atoms with E-state index >= 15 is 0 Å². The lowest BCUT2D eigenvalue weighted by atomic mass is 9.97. The number of H-pyrrole nitrogens is 1. The van der Waals surface area contributed by atoms with Gasteiger partial charge in [-0.2, -0.15) is 4.31 Å². The van der Waals surface area contributed by atoms with Crippen LogP contribution in [-0.2, 0) is 14.8 Å². The van der Waals surface area contributed by atoms with Gasteiger partial charge in [0, 0.05) is 24.7 Å². The molecule has 1 aromatic carbocycles. The largest absolute Gasteiger partial charge is 0.417 e. The van der Waals surface area contributed by atoms with Crippen LogP contribution in [-0.4, -0.2) is 42.2 Å². The first-order valence-electron chi connectivity index (χ1n) is 8.51. The number of carbonyl (C=O) groups is 1. The number of amides is 1. The van der Waals surface area contributed by atoms with Crippen LogP contribution in [0, 0.1) is 5.92 Å². The van der Waals surface area contributed by atoms with Crippen molar-refractivity contribution in [2.45, 2.75) is 44.0 Å². The number of benzene rings is 1. The summed E-state index contributed by atoms with van der Waals surface area (Å²) in [5.74, 6) is -1.15. The Balaban J connectivity index is 1.83. The molecule has 0 unspecified atom stereocenters. The first-order chi connectivity index (χ1) is 12.1. The minimum Gasteiger partial charge on any atom is -0.408 e. The Bertz CT molecular complexity index is 984. The number of nitrogens with one attached hydrogen (secondary N) is 2. The lowest BCUT2D eigenvalue weighted by Gasteiger charge is -2.33. The van der Waals surface area contributed by atoms with Gasteiger partial charge in [0.2, 0.25) is 15.9 Å². The van der Waals surface area contributed by atoms with Gasteiger partial charge in [-0.05, 0) is 45.7 Å². The molecule has 3 rings (SSSR count). The Labute approximate surface area is 151 Å². The van der Waals surface area contributed by atoms with E-state index < -0.39 is 15.8 Å². The quantitative estimate of drug-likeness (QED) is 0.835. The molecular weight excluding hydrogens is 358 g/mol. The molecule has 1 aromatic heterocycles. The van der Waals surface area contributed by atoms with Gasteiger partial charge in [-0.3, -0.25) is 9.78 Å². The Morgan fingerprint density at radius 1 is 1.35 bits per heavy atom. The van der Waals surface area contributed by atoms with Crippen LogP contribution < -0.4 is 11.1 Å². The molecule has 8 nitrogen and oxygen atoms in total. The molecule has 1 aliphatic rings. The van der Waals surface area contributed by atoms with Gasteiger partial charge in [0.1, 0.15) is 0 Å². The van der Waals surface area contributed by atoms with Crippen molar-refractivity contribution in [1.82, 2.24) is 14.6 Å². The number of sulfonamides is 1. The van der Waals surface area contributed by atoms with Crippen molar-refractivity contribution in [1.29, 1.82) is 0 Å². The van der Waals surface area contributed by atoms with E-state index in [-0.39, 0.29) is 34.4 Å². The summed E-state index contributed by atoms with van der Waals surface area (Å²) < 4.78 is 32.2. The average molecular weight is 381 g/mol. The SMILES string of the molecule is CC(C)(C)NC(=O)[C@H]1CCCN(S(=O)(=O)c2ccc3[nH]c(=O)oc3c2)C1. The Morgan fingerprint density at radius 2 is 2.08 bits per heavy atom. The zero-order valence-corrected chi connectivity index (χ0v) is 15.9. The zero-order valence-electron chi connectivity index (χ0n) is 15.0. The highest BCUT2D eigenvalue weighted by atomic mass is 32.2. The van der Waals surface area contributed by atoms with Crippen LogP contribution in [0.2, 0.25) is 0 Å². The molecule has 0 bridgehead atoms. The van der Waals surface area contributed by atoms with Crippen LogP contribution in [0.3, 0.4) is 0 Å². The van der Waals surface area contributed by atoms with Crippen molar-refractivity contribution in [2.24, 2.45) is 5.92 Å². The molecule has 26 heavy (non-hydrogen) atoms. The number of rotatable bonds is 3. The summed E-state index contributed by atoms with van der Waals surface area (Å²) >= 11 is 0. The van der Waals surface area contributed by atoms with Gasteiger partial charge in [-0.25, -0.2) is 13.2 Å². The van der Waals surface area contributed by atoms with Crippen LogP contribution in [0.15, 0.2) is 32.3 Å². The van der Waals surface area contributed by atoms with E-state index in [2.05, 4.69) is 10.3 Å². The second kappa shape index (κ2) is 6.55.